The average molecular weight is 268 g/mol. The van der Waals surface area contributed by atoms with E-state index in [0.717, 1.165) is 0 Å². The van der Waals surface area contributed by atoms with E-state index in [-0.39, 0.29) is 0 Å². The van der Waals surface area contributed by atoms with Crippen LogP contribution in [-0.4, -0.2) is 22.5 Å². The summed E-state index contributed by atoms with van der Waals surface area (Å²) in [6, 6.07) is 7.32. The number of fused-ring (bicyclic) bond motifs is 1. The lowest BCUT2D eigenvalue weighted by Gasteiger charge is -2.02. The van der Waals surface area contributed by atoms with Crippen molar-refractivity contribution in [3.63, 3.8) is 0 Å². The fraction of sp³-hybridized carbons (Fsp3) is 0.133. The summed E-state index contributed by atoms with van der Waals surface area (Å²) in [6.07, 6.45) is 4.67. The molecular weight excluding hydrogens is 256 g/mol. The monoisotopic (exact) mass is 268 g/mol. The van der Waals surface area contributed by atoms with Gasteiger partial charge in [0.05, 0.1) is 12.8 Å². The highest BCUT2D eigenvalue weighted by Crippen LogP contribution is 2.32. The zero-order valence-corrected chi connectivity index (χ0v) is 10.9. The molecule has 2 heterocycles. The van der Waals surface area contributed by atoms with E-state index in [2.05, 4.69) is 9.97 Å². The van der Waals surface area contributed by atoms with Crippen molar-refractivity contribution in [2.45, 2.75) is 6.92 Å². The van der Waals surface area contributed by atoms with Crippen molar-refractivity contribution >= 4 is 16.9 Å². The van der Waals surface area contributed by atoms with Crippen LogP contribution in [0.5, 0.6) is 0 Å². The van der Waals surface area contributed by atoms with Crippen molar-refractivity contribution in [3.8, 4) is 11.5 Å². The Morgan fingerprint density at radius 1 is 1.30 bits per heavy atom. The van der Waals surface area contributed by atoms with Crippen molar-refractivity contribution in [3.05, 3.63) is 48.4 Å². The number of hydrogen-bond acceptors (Lipinski definition) is 5. The minimum Gasteiger partial charge on any atom is -0.462 e. The van der Waals surface area contributed by atoms with Crippen molar-refractivity contribution < 1.29 is 13.9 Å². The van der Waals surface area contributed by atoms with Crippen LogP contribution in [0.15, 0.2) is 47.3 Å². The number of benzene rings is 1. The minimum absolute atomic E-state index is 0.304. The maximum atomic E-state index is 12.2. The number of ether oxygens (including phenoxy) is 1. The summed E-state index contributed by atoms with van der Waals surface area (Å²) in [5.74, 6) is -0.0316. The average Bonchev–Trinajstić information content (AvgIpc) is 2.88. The molecule has 0 amide bonds. The first-order valence-corrected chi connectivity index (χ1v) is 6.26. The maximum absolute atomic E-state index is 12.2. The van der Waals surface area contributed by atoms with E-state index in [0.29, 0.717) is 34.6 Å². The van der Waals surface area contributed by atoms with Gasteiger partial charge in [-0.2, -0.15) is 0 Å². The second-order valence-corrected chi connectivity index (χ2v) is 4.11. The summed E-state index contributed by atoms with van der Waals surface area (Å²) >= 11 is 0. The van der Waals surface area contributed by atoms with Crippen LogP contribution in [-0.2, 0) is 4.74 Å². The highest BCUT2D eigenvalue weighted by atomic mass is 16.5. The van der Waals surface area contributed by atoms with Gasteiger partial charge in [0, 0.05) is 17.8 Å². The molecule has 2 aromatic heterocycles. The number of para-hydroxylation sites is 1. The lowest BCUT2D eigenvalue weighted by molar-refractivity contribution is 0.0528. The van der Waals surface area contributed by atoms with E-state index in [4.69, 9.17) is 9.15 Å². The highest BCUT2D eigenvalue weighted by molar-refractivity contribution is 6.08. The van der Waals surface area contributed by atoms with Gasteiger partial charge in [-0.15, -0.1) is 0 Å². The van der Waals surface area contributed by atoms with Gasteiger partial charge in [0.15, 0.2) is 5.76 Å². The molecule has 0 unspecified atom stereocenters. The van der Waals surface area contributed by atoms with Gasteiger partial charge in [0.25, 0.3) is 0 Å². The van der Waals surface area contributed by atoms with Crippen LogP contribution < -0.4 is 0 Å². The molecule has 0 saturated heterocycles. The van der Waals surface area contributed by atoms with E-state index < -0.39 is 5.97 Å². The number of esters is 1. The third kappa shape index (κ3) is 2.03. The molecule has 5 heteroatoms. The molecule has 0 aliphatic carbocycles. The number of rotatable bonds is 3. The quantitative estimate of drug-likeness (QED) is 0.683. The smallest absolute Gasteiger partial charge is 0.342 e. The predicted molar refractivity (Wildman–Crippen MR) is 73.2 cm³/mol. The molecule has 0 atom stereocenters. The van der Waals surface area contributed by atoms with Gasteiger partial charge in [-0.1, -0.05) is 18.2 Å². The molecule has 3 rings (SSSR count). The summed E-state index contributed by atoms with van der Waals surface area (Å²) < 4.78 is 10.9. The maximum Gasteiger partial charge on any atom is 0.342 e. The number of carbonyl (C=O) groups is 1. The van der Waals surface area contributed by atoms with Gasteiger partial charge in [0.2, 0.25) is 0 Å². The highest BCUT2D eigenvalue weighted by Gasteiger charge is 2.23. The molecule has 0 fully saturated rings. The fourth-order valence-corrected chi connectivity index (χ4v) is 2.05. The van der Waals surface area contributed by atoms with Crippen molar-refractivity contribution in [2.24, 2.45) is 0 Å². The number of aromatic nitrogens is 2. The van der Waals surface area contributed by atoms with Crippen LogP contribution >= 0.6 is 0 Å². The Labute approximate surface area is 115 Å². The van der Waals surface area contributed by atoms with Crippen LogP contribution in [0.2, 0.25) is 0 Å². The molecule has 20 heavy (non-hydrogen) atoms. The van der Waals surface area contributed by atoms with Gasteiger partial charge in [0.1, 0.15) is 16.8 Å². The van der Waals surface area contributed by atoms with Crippen LogP contribution in [0.4, 0.5) is 0 Å². The summed E-state index contributed by atoms with van der Waals surface area (Å²) in [5.41, 5.74) is 1.52. The lowest BCUT2D eigenvalue weighted by Crippen LogP contribution is -2.05. The molecule has 3 aromatic rings. The summed E-state index contributed by atoms with van der Waals surface area (Å²) in [5, 5.41) is 0.714. The summed E-state index contributed by atoms with van der Waals surface area (Å²) in [4.78, 5) is 20.4. The van der Waals surface area contributed by atoms with E-state index in [1.165, 1.54) is 0 Å². The largest absolute Gasteiger partial charge is 0.462 e. The molecule has 0 N–H and O–H groups in total. The summed E-state index contributed by atoms with van der Waals surface area (Å²) in [6.45, 7) is 2.07. The first-order valence-electron chi connectivity index (χ1n) is 6.26. The standard InChI is InChI=1S/C15H12N2O3/c1-2-19-15(18)13-10-5-3-4-6-12(10)20-14(13)11-9-16-7-8-17-11/h3-9H,2H2,1H3. The van der Waals surface area contributed by atoms with Gasteiger partial charge in [-0.3, -0.25) is 4.98 Å². The molecule has 100 valence electrons. The van der Waals surface area contributed by atoms with Crippen LogP contribution in [0.25, 0.3) is 22.4 Å². The second kappa shape index (κ2) is 5.13. The zero-order chi connectivity index (χ0) is 13.9. The van der Waals surface area contributed by atoms with Gasteiger partial charge < -0.3 is 9.15 Å². The fourth-order valence-electron chi connectivity index (χ4n) is 2.05. The normalized spacial score (nSPS) is 10.7. The Bertz CT molecular complexity index is 750. The first-order chi connectivity index (χ1) is 9.81. The van der Waals surface area contributed by atoms with E-state index in [9.17, 15) is 4.79 Å². The molecular formula is C15H12N2O3. The van der Waals surface area contributed by atoms with Crippen LogP contribution in [0, 0.1) is 0 Å². The van der Waals surface area contributed by atoms with E-state index in [1.54, 1.807) is 31.6 Å². The molecule has 0 bridgehead atoms. The van der Waals surface area contributed by atoms with Crippen LogP contribution in [0.1, 0.15) is 17.3 Å². The van der Waals surface area contributed by atoms with Crippen molar-refractivity contribution in [1.82, 2.24) is 9.97 Å². The third-order valence-corrected chi connectivity index (χ3v) is 2.87. The minimum atomic E-state index is -0.418. The van der Waals surface area contributed by atoms with Crippen molar-refractivity contribution in [1.29, 1.82) is 0 Å². The molecule has 0 aliphatic heterocycles. The van der Waals surface area contributed by atoms with E-state index >= 15 is 0 Å². The number of furan rings is 1. The first kappa shape index (κ1) is 12.3. The zero-order valence-electron chi connectivity index (χ0n) is 10.9. The predicted octanol–water partition coefficient (Wildman–Crippen LogP) is 3.07. The van der Waals surface area contributed by atoms with Gasteiger partial charge in [-0.05, 0) is 13.0 Å². The Hall–Kier alpha value is -2.69. The topological polar surface area (TPSA) is 65.2 Å². The molecule has 1 aromatic carbocycles. The Kier molecular flexibility index (Phi) is 3.16. The molecule has 0 spiro atoms. The molecule has 5 nitrogen and oxygen atoms in total. The number of carbonyl (C=O) groups excluding carboxylic acids is 1. The second-order valence-electron chi connectivity index (χ2n) is 4.11. The molecule has 0 saturated carbocycles. The SMILES string of the molecule is CCOC(=O)c1c(-c2cnccn2)oc2ccccc12. The van der Waals surface area contributed by atoms with Crippen molar-refractivity contribution in [2.75, 3.05) is 6.61 Å². The number of nitrogens with zero attached hydrogens (tertiary/aromatic N) is 2. The van der Waals surface area contributed by atoms with Gasteiger partial charge in [-0.25, -0.2) is 9.78 Å². The molecule has 0 aliphatic rings. The Balaban J connectivity index is 2.25. The molecule has 0 radical (unpaired) electrons. The summed E-state index contributed by atoms with van der Waals surface area (Å²) in [7, 11) is 0. The van der Waals surface area contributed by atoms with Gasteiger partial charge >= 0.3 is 5.97 Å². The third-order valence-electron chi connectivity index (χ3n) is 2.87. The Morgan fingerprint density at radius 3 is 2.90 bits per heavy atom. The van der Waals surface area contributed by atoms with E-state index in [1.807, 2.05) is 18.2 Å². The number of hydrogen-bond donors (Lipinski definition) is 0. The lowest BCUT2D eigenvalue weighted by atomic mass is 10.1. The Morgan fingerprint density at radius 2 is 2.15 bits per heavy atom. The van der Waals surface area contributed by atoms with Crippen LogP contribution in [0.3, 0.4) is 0 Å².